The van der Waals surface area contributed by atoms with Crippen LogP contribution in [0.3, 0.4) is 0 Å². The highest BCUT2D eigenvalue weighted by molar-refractivity contribution is 5.96. The minimum absolute atomic E-state index is 0.00902. The number of nitrogens with one attached hydrogen (secondary N) is 3. The molecule has 3 saturated heterocycles. The highest BCUT2D eigenvalue weighted by atomic mass is 16.2. The largest absolute Gasteiger partial charge is 0.341 e. The molecule has 12 nitrogen and oxygen atoms in total. The van der Waals surface area contributed by atoms with Gasteiger partial charge in [-0.15, -0.1) is 0 Å². The number of carbonyl (C=O) groups excluding carboxylic acids is 3. The van der Waals surface area contributed by atoms with Crippen LogP contribution in [0.5, 0.6) is 0 Å². The molecule has 12 heteroatoms. The lowest BCUT2D eigenvalue weighted by Crippen LogP contribution is -2.57. The number of amides is 3. The number of piperazine rings is 1. The number of aromatic amines is 2. The number of hydrogen-bond donors (Lipinski definition) is 3. The number of aryl methyl sites for hydroxylation is 2. The molecule has 3 aliphatic heterocycles. The van der Waals surface area contributed by atoms with Crippen LogP contribution in [0.2, 0.25) is 0 Å². The number of aromatic nitrogens is 3. The minimum atomic E-state index is -0.694. The molecule has 3 aromatic rings. The molecule has 1 aliphatic carbocycles. The number of ketones is 1. The second-order valence-corrected chi connectivity index (χ2v) is 14.3. The quantitative estimate of drug-likeness (QED) is 0.371. The molecule has 256 valence electrons. The number of urea groups is 1. The van der Waals surface area contributed by atoms with Crippen molar-refractivity contribution in [2.24, 2.45) is 0 Å². The summed E-state index contributed by atoms with van der Waals surface area (Å²) in [5.41, 5.74) is 4.92. The predicted octanol–water partition coefficient (Wildman–Crippen LogP) is 2.82. The lowest BCUT2D eigenvalue weighted by atomic mass is 9.86. The third kappa shape index (κ3) is 6.78. The molecule has 1 aromatic carbocycles. The van der Waals surface area contributed by atoms with Crippen LogP contribution in [-0.2, 0) is 17.6 Å². The SMILES string of the molecule is Cc1cc(C[C@@H](NC(=O)N2CCC(c3cc4c([nH]c3=O)C(=O)CCC4)CC2)C(=O)N2CCC(N3CCN(C)CC3)CC2)cc2cn[nH]c12. The fourth-order valence-electron chi connectivity index (χ4n) is 8.26. The molecule has 0 radical (unpaired) electrons. The van der Waals surface area contributed by atoms with Crippen molar-refractivity contribution in [3.05, 3.63) is 62.7 Å². The second kappa shape index (κ2) is 13.8. The van der Waals surface area contributed by atoms with E-state index in [1.807, 2.05) is 24.0 Å². The van der Waals surface area contributed by atoms with Crippen molar-refractivity contribution in [2.75, 3.05) is 59.4 Å². The van der Waals surface area contributed by atoms with E-state index in [-0.39, 0.29) is 29.2 Å². The number of likely N-dealkylation sites (N-methyl/N-ethyl adjacent to an activating group) is 1. The molecule has 3 N–H and O–H groups in total. The molecule has 0 spiro atoms. The van der Waals surface area contributed by atoms with E-state index >= 15 is 0 Å². The van der Waals surface area contributed by atoms with Crippen LogP contribution >= 0.6 is 0 Å². The van der Waals surface area contributed by atoms with E-state index in [2.05, 4.69) is 43.4 Å². The third-order valence-corrected chi connectivity index (χ3v) is 11.2. The number of H-pyrrole nitrogens is 2. The number of likely N-dealkylation sites (tertiary alicyclic amines) is 2. The fourth-order valence-corrected chi connectivity index (χ4v) is 8.26. The number of rotatable bonds is 6. The summed E-state index contributed by atoms with van der Waals surface area (Å²) in [7, 11) is 2.17. The van der Waals surface area contributed by atoms with Crippen molar-refractivity contribution < 1.29 is 14.4 Å². The molecule has 0 bridgehead atoms. The van der Waals surface area contributed by atoms with Gasteiger partial charge in [0.1, 0.15) is 6.04 Å². The molecule has 48 heavy (non-hydrogen) atoms. The van der Waals surface area contributed by atoms with Crippen LogP contribution < -0.4 is 10.9 Å². The summed E-state index contributed by atoms with van der Waals surface area (Å²) in [5, 5.41) is 11.4. The average Bonchev–Trinajstić information content (AvgIpc) is 3.58. The number of pyridine rings is 1. The van der Waals surface area contributed by atoms with Gasteiger partial charge in [0, 0.05) is 82.2 Å². The molecular weight excluding hydrogens is 608 g/mol. The topological polar surface area (TPSA) is 138 Å². The van der Waals surface area contributed by atoms with Crippen LogP contribution in [-0.4, -0.2) is 124 Å². The number of benzene rings is 1. The van der Waals surface area contributed by atoms with Crippen molar-refractivity contribution in [3.8, 4) is 0 Å². The molecule has 2 aromatic heterocycles. The number of piperidine rings is 2. The molecule has 3 amide bonds. The van der Waals surface area contributed by atoms with E-state index < -0.39 is 6.04 Å². The second-order valence-electron chi connectivity index (χ2n) is 14.3. The minimum Gasteiger partial charge on any atom is -0.341 e. The van der Waals surface area contributed by atoms with Gasteiger partial charge in [-0.25, -0.2) is 4.79 Å². The number of fused-ring (bicyclic) bond motifs is 2. The van der Waals surface area contributed by atoms with E-state index in [1.54, 1.807) is 11.1 Å². The van der Waals surface area contributed by atoms with E-state index in [9.17, 15) is 19.2 Å². The van der Waals surface area contributed by atoms with Gasteiger partial charge in [0.25, 0.3) is 5.56 Å². The number of hydrogen-bond acceptors (Lipinski definition) is 7. The monoisotopic (exact) mass is 656 g/mol. The lowest BCUT2D eigenvalue weighted by Gasteiger charge is -2.42. The first-order valence-corrected chi connectivity index (χ1v) is 17.7. The zero-order chi connectivity index (χ0) is 33.4. The van der Waals surface area contributed by atoms with E-state index in [0.29, 0.717) is 69.2 Å². The number of nitrogens with zero attached hydrogens (tertiary/aromatic N) is 5. The molecule has 7 rings (SSSR count). The Labute approximate surface area is 281 Å². The molecule has 0 unspecified atom stereocenters. The highest BCUT2D eigenvalue weighted by Crippen LogP contribution is 2.29. The summed E-state index contributed by atoms with van der Waals surface area (Å²) in [4.78, 5) is 64.7. The predicted molar refractivity (Wildman–Crippen MR) is 183 cm³/mol. The molecule has 4 aliphatic rings. The first kappa shape index (κ1) is 32.5. The zero-order valence-electron chi connectivity index (χ0n) is 28.2. The van der Waals surface area contributed by atoms with Gasteiger partial charge in [0.05, 0.1) is 17.4 Å². The van der Waals surface area contributed by atoms with Gasteiger partial charge in [0.15, 0.2) is 5.78 Å². The van der Waals surface area contributed by atoms with E-state index in [1.165, 1.54) is 0 Å². The number of Topliss-reactive ketones (excluding diaryl/α,β-unsaturated/α-hetero) is 1. The van der Waals surface area contributed by atoms with Gasteiger partial charge in [-0.3, -0.25) is 24.4 Å². The van der Waals surface area contributed by atoms with Gasteiger partial charge in [-0.05, 0) is 87.2 Å². The smallest absolute Gasteiger partial charge is 0.318 e. The van der Waals surface area contributed by atoms with Gasteiger partial charge >= 0.3 is 6.03 Å². The molecule has 3 fully saturated rings. The Balaban J connectivity index is 1.02. The maximum Gasteiger partial charge on any atom is 0.318 e. The van der Waals surface area contributed by atoms with E-state index in [0.717, 1.165) is 79.5 Å². The van der Waals surface area contributed by atoms with Crippen LogP contribution in [0.15, 0.2) is 29.2 Å². The van der Waals surface area contributed by atoms with Gasteiger partial charge in [-0.1, -0.05) is 6.07 Å². The summed E-state index contributed by atoms with van der Waals surface area (Å²) >= 11 is 0. The summed E-state index contributed by atoms with van der Waals surface area (Å²) in [6.07, 6.45) is 7.45. The van der Waals surface area contributed by atoms with Crippen LogP contribution in [0.4, 0.5) is 4.79 Å². The van der Waals surface area contributed by atoms with Crippen LogP contribution in [0.25, 0.3) is 10.9 Å². The maximum absolute atomic E-state index is 14.2. The Morgan fingerprint density at radius 3 is 2.42 bits per heavy atom. The first-order chi connectivity index (χ1) is 23.2. The van der Waals surface area contributed by atoms with Crippen molar-refractivity contribution in [1.82, 2.24) is 40.1 Å². The van der Waals surface area contributed by atoms with Crippen LogP contribution in [0, 0.1) is 6.92 Å². The van der Waals surface area contributed by atoms with Gasteiger partial charge < -0.3 is 25.0 Å². The van der Waals surface area contributed by atoms with Crippen molar-refractivity contribution >= 4 is 28.6 Å². The third-order valence-electron chi connectivity index (χ3n) is 11.2. The Bertz CT molecular complexity index is 1730. The zero-order valence-corrected chi connectivity index (χ0v) is 28.2. The Kier molecular flexibility index (Phi) is 9.37. The Hall–Kier alpha value is -4.03. The highest BCUT2D eigenvalue weighted by Gasteiger charge is 2.34. The fraction of sp³-hybridized carbons (Fsp3) is 0.583. The molecule has 5 heterocycles. The summed E-state index contributed by atoms with van der Waals surface area (Å²) in [6, 6.07) is 5.59. The van der Waals surface area contributed by atoms with Crippen molar-refractivity contribution in [3.63, 3.8) is 0 Å². The summed E-state index contributed by atoms with van der Waals surface area (Å²) in [5.74, 6) is -0.00583. The molecular formula is C36H48N8O4. The standard InChI is InChI=1S/C36H48N8O4/c1-23-18-24(19-27-22-37-40-32(23)27)20-30(35(47)43-12-8-28(9-13-43)42-16-14-41(2)15-17-42)38-36(48)44-10-6-25(7-11-44)29-21-26-4-3-5-31(45)33(26)39-34(29)46/h18-19,21-22,25,28,30H,3-17,20H2,1-2H3,(H,37,40)(H,38,48)(H,39,46)/t30-/m1/s1. The van der Waals surface area contributed by atoms with Crippen molar-refractivity contribution in [1.29, 1.82) is 0 Å². The first-order valence-electron chi connectivity index (χ1n) is 17.7. The maximum atomic E-state index is 14.2. The summed E-state index contributed by atoms with van der Waals surface area (Å²) < 4.78 is 0. The Morgan fingerprint density at radius 2 is 1.67 bits per heavy atom. The lowest BCUT2D eigenvalue weighted by molar-refractivity contribution is -0.135. The Morgan fingerprint density at radius 1 is 0.938 bits per heavy atom. The number of carbonyl (C=O) groups is 3. The molecule has 1 atom stereocenters. The average molecular weight is 657 g/mol. The van der Waals surface area contributed by atoms with Gasteiger partial charge in [-0.2, -0.15) is 5.10 Å². The van der Waals surface area contributed by atoms with Gasteiger partial charge in [0.2, 0.25) is 5.91 Å². The summed E-state index contributed by atoms with van der Waals surface area (Å²) in [6.45, 7) is 8.68. The molecule has 0 saturated carbocycles. The van der Waals surface area contributed by atoms with Crippen molar-refractivity contribution in [2.45, 2.75) is 76.3 Å². The van der Waals surface area contributed by atoms with Crippen LogP contribution in [0.1, 0.15) is 77.2 Å². The normalized spacial score (nSPS) is 21.0. The van der Waals surface area contributed by atoms with E-state index in [4.69, 9.17) is 0 Å².